The van der Waals surface area contributed by atoms with Crippen molar-refractivity contribution in [3.63, 3.8) is 0 Å². The van der Waals surface area contributed by atoms with E-state index in [9.17, 15) is 10.2 Å². The summed E-state index contributed by atoms with van der Waals surface area (Å²) >= 11 is 3.73. The minimum atomic E-state index is -0.583. The lowest BCUT2D eigenvalue weighted by Crippen LogP contribution is -2.47. The van der Waals surface area contributed by atoms with Gasteiger partial charge < -0.3 is 10.2 Å². The first-order valence-corrected chi connectivity index (χ1v) is 7.01. The number of hydrogen-bond donors (Lipinski definition) is 2. The zero-order valence-electron chi connectivity index (χ0n) is 8.60. The van der Waals surface area contributed by atoms with Crippen LogP contribution in [0.3, 0.4) is 0 Å². The molecule has 6 saturated carbocycles. The van der Waals surface area contributed by atoms with Crippen LogP contribution < -0.4 is 0 Å². The van der Waals surface area contributed by atoms with E-state index < -0.39 is 11.2 Å². The standard InChI is InChI=1S/C12H15BrO2/c1-11(14)7-3-2-4-6-5(3)9(11)12(15,8(4)7)10(6)13/h3-10,14-15H,2H2,1H3/t3-,4-,5+,6-,7-,8-,9+,10-,11-,12+/m0/s1. The summed E-state index contributed by atoms with van der Waals surface area (Å²) in [7, 11) is 0. The molecule has 2 nitrogen and oxygen atoms in total. The lowest BCUT2D eigenvalue weighted by Gasteiger charge is -2.38. The second-order valence-electron chi connectivity index (χ2n) is 6.76. The Hall–Kier alpha value is 0.400. The summed E-state index contributed by atoms with van der Waals surface area (Å²) in [5.74, 6) is 3.70. The van der Waals surface area contributed by atoms with Gasteiger partial charge in [0.1, 0.15) is 0 Å². The van der Waals surface area contributed by atoms with Gasteiger partial charge in [-0.1, -0.05) is 15.9 Å². The molecule has 0 radical (unpaired) electrons. The second-order valence-corrected chi connectivity index (χ2v) is 7.75. The number of aliphatic hydroxyl groups is 2. The lowest BCUT2D eigenvalue weighted by molar-refractivity contribution is -0.0700. The molecule has 6 aliphatic carbocycles. The molecule has 6 bridgehead atoms. The third-order valence-corrected chi connectivity index (χ3v) is 8.13. The molecule has 6 aliphatic rings. The summed E-state index contributed by atoms with van der Waals surface area (Å²) < 4.78 is 0. The van der Waals surface area contributed by atoms with Crippen LogP contribution in [0.25, 0.3) is 0 Å². The van der Waals surface area contributed by atoms with Crippen LogP contribution in [-0.4, -0.2) is 26.2 Å². The molecular weight excluding hydrogens is 256 g/mol. The molecule has 0 aliphatic heterocycles. The Morgan fingerprint density at radius 3 is 2.47 bits per heavy atom. The van der Waals surface area contributed by atoms with E-state index in [1.54, 1.807) is 0 Å². The van der Waals surface area contributed by atoms with Crippen molar-refractivity contribution in [3.8, 4) is 0 Å². The molecule has 15 heavy (non-hydrogen) atoms. The van der Waals surface area contributed by atoms with Gasteiger partial charge in [-0.15, -0.1) is 0 Å². The van der Waals surface area contributed by atoms with E-state index in [2.05, 4.69) is 15.9 Å². The highest BCUT2D eigenvalue weighted by molar-refractivity contribution is 9.09. The van der Waals surface area contributed by atoms with Crippen LogP contribution in [0.1, 0.15) is 13.3 Å². The van der Waals surface area contributed by atoms with Gasteiger partial charge in [0, 0.05) is 10.7 Å². The molecule has 6 rings (SSSR count). The first-order chi connectivity index (χ1) is 7.00. The third kappa shape index (κ3) is 0.502. The van der Waals surface area contributed by atoms with Crippen LogP contribution >= 0.6 is 15.9 Å². The van der Waals surface area contributed by atoms with E-state index in [0.717, 1.165) is 5.92 Å². The average molecular weight is 271 g/mol. The van der Waals surface area contributed by atoms with Gasteiger partial charge >= 0.3 is 0 Å². The van der Waals surface area contributed by atoms with E-state index >= 15 is 0 Å². The van der Waals surface area contributed by atoms with Crippen molar-refractivity contribution >= 4 is 15.9 Å². The average Bonchev–Trinajstić information content (AvgIpc) is 2.81. The van der Waals surface area contributed by atoms with Crippen LogP contribution in [0.2, 0.25) is 0 Å². The molecule has 6 fully saturated rings. The molecule has 2 N–H and O–H groups in total. The van der Waals surface area contributed by atoms with Crippen LogP contribution in [0.5, 0.6) is 0 Å². The molecule has 0 aromatic heterocycles. The Morgan fingerprint density at radius 1 is 1.13 bits per heavy atom. The first-order valence-electron chi connectivity index (χ1n) is 6.09. The second kappa shape index (κ2) is 1.85. The molecule has 0 saturated heterocycles. The highest BCUT2D eigenvalue weighted by Crippen LogP contribution is 2.87. The fourth-order valence-corrected chi connectivity index (χ4v) is 8.39. The minimum absolute atomic E-state index is 0.165. The maximum atomic E-state index is 10.9. The Morgan fingerprint density at radius 2 is 1.80 bits per heavy atom. The molecule has 0 amide bonds. The first kappa shape index (κ1) is 8.48. The summed E-state index contributed by atoms with van der Waals surface area (Å²) in [5, 5.41) is 21.6. The van der Waals surface area contributed by atoms with E-state index in [-0.39, 0.29) is 10.7 Å². The van der Waals surface area contributed by atoms with Crippen molar-refractivity contribution in [2.45, 2.75) is 29.4 Å². The van der Waals surface area contributed by atoms with Gasteiger partial charge in [0.2, 0.25) is 0 Å². The third-order valence-electron chi connectivity index (χ3n) is 6.79. The van der Waals surface area contributed by atoms with E-state index in [4.69, 9.17) is 0 Å². The lowest BCUT2D eigenvalue weighted by atomic mass is 9.69. The largest absolute Gasteiger partial charge is 0.389 e. The van der Waals surface area contributed by atoms with Gasteiger partial charge in [0.05, 0.1) is 11.2 Å². The SMILES string of the molecule is C[C@]1(O)[C@H]2[C@H]3C[C@H]4[C@H]5[C@@H]3[C@H]1[C@](O)([C@@H]42)[C@H]5Br. The molecule has 0 unspecified atom stereocenters. The Balaban J connectivity index is 1.88. The molecule has 10 atom stereocenters. The molecule has 82 valence electrons. The monoisotopic (exact) mass is 270 g/mol. The van der Waals surface area contributed by atoms with Crippen LogP contribution in [0.4, 0.5) is 0 Å². The van der Waals surface area contributed by atoms with Crippen molar-refractivity contribution in [3.05, 3.63) is 0 Å². The number of hydrogen-bond acceptors (Lipinski definition) is 2. The summed E-state index contributed by atoms with van der Waals surface area (Å²) in [5.41, 5.74) is -1.15. The van der Waals surface area contributed by atoms with Gasteiger partial charge in [-0.05, 0) is 48.9 Å². The summed E-state index contributed by atoms with van der Waals surface area (Å²) in [6.07, 6.45) is 1.28. The fraction of sp³-hybridized carbons (Fsp3) is 1.00. The van der Waals surface area contributed by atoms with Gasteiger partial charge in [0.15, 0.2) is 0 Å². The maximum absolute atomic E-state index is 10.9. The fourth-order valence-electron chi connectivity index (χ4n) is 7.06. The zero-order chi connectivity index (χ0) is 10.3. The van der Waals surface area contributed by atoms with E-state index in [1.807, 2.05) is 6.92 Å². The maximum Gasteiger partial charge on any atom is 0.0867 e. The summed E-state index contributed by atoms with van der Waals surface area (Å²) in [6.45, 7) is 1.98. The predicted molar refractivity (Wildman–Crippen MR) is 57.3 cm³/mol. The van der Waals surface area contributed by atoms with E-state index in [0.29, 0.717) is 29.6 Å². The summed E-state index contributed by atoms with van der Waals surface area (Å²) in [6, 6.07) is 0. The highest BCUT2D eigenvalue weighted by Gasteiger charge is 2.91. The van der Waals surface area contributed by atoms with Gasteiger partial charge in [-0.2, -0.15) is 0 Å². The molecule has 3 heteroatoms. The van der Waals surface area contributed by atoms with E-state index in [1.165, 1.54) is 6.42 Å². The molecule has 0 spiro atoms. The predicted octanol–water partition coefficient (Wildman–Crippen LogP) is 1.00. The highest BCUT2D eigenvalue weighted by atomic mass is 79.9. The molecule has 0 aromatic carbocycles. The van der Waals surface area contributed by atoms with Crippen molar-refractivity contribution in [1.29, 1.82) is 0 Å². The smallest absolute Gasteiger partial charge is 0.0867 e. The number of alkyl halides is 1. The van der Waals surface area contributed by atoms with Crippen molar-refractivity contribution in [2.75, 3.05) is 0 Å². The number of rotatable bonds is 0. The topological polar surface area (TPSA) is 40.5 Å². The number of halogens is 1. The van der Waals surface area contributed by atoms with Crippen molar-refractivity contribution in [2.24, 2.45) is 41.4 Å². The van der Waals surface area contributed by atoms with Crippen molar-refractivity contribution in [1.82, 2.24) is 0 Å². The zero-order valence-corrected chi connectivity index (χ0v) is 10.2. The van der Waals surface area contributed by atoms with Gasteiger partial charge in [-0.3, -0.25) is 0 Å². The molecular formula is C12H15BrO2. The summed E-state index contributed by atoms with van der Waals surface area (Å²) in [4.78, 5) is 0.263. The molecule has 0 aromatic rings. The van der Waals surface area contributed by atoms with Gasteiger partial charge in [-0.25, -0.2) is 0 Å². The Labute approximate surface area is 97.2 Å². The quantitative estimate of drug-likeness (QED) is 0.645. The van der Waals surface area contributed by atoms with Gasteiger partial charge in [0.25, 0.3) is 0 Å². The van der Waals surface area contributed by atoms with Crippen LogP contribution in [0.15, 0.2) is 0 Å². The normalized spacial score (nSPS) is 85.6. The minimum Gasteiger partial charge on any atom is -0.389 e. The molecule has 0 heterocycles. The van der Waals surface area contributed by atoms with Crippen molar-refractivity contribution < 1.29 is 10.2 Å². The van der Waals surface area contributed by atoms with Crippen LogP contribution in [-0.2, 0) is 0 Å². The van der Waals surface area contributed by atoms with Crippen LogP contribution in [0, 0.1) is 41.4 Å². The Bertz CT molecular complexity index is 393. The Kier molecular flexibility index (Phi) is 1.05.